The van der Waals surface area contributed by atoms with E-state index in [2.05, 4.69) is 5.32 Å². The van der Waals surface area contributed by atoms with Crippen LogP contribution in [-0.4, -0.2) is 42.5 Å². The second-order valence-electron chi connectivity index (χ2n) is 7.17. The summed E-state index contributed by atoms with van der Waals surface area (Å²) in [6.45, 7) is 3.81. The second-order valence-corrected chi connectivity index (χ2v) is 7.17. The Labute approximate surface area is 147 Å². The van der Waals surface area contributed by atoms with E-state index in [0.29, 0.717) is 32.2 Å². The number of amides is 2. The van der Waals surface area contributed by atoms with Crippen molar-refractivity contribution in [1.29, 1.82) is 0 Å². The predicted molar refractivity (Wildman–Crippen MR) is 91.4 cm³/mol. The van der Waals surface area contributed by atoms with Gasteiger partial charge >= 0.3 is 0 Å². The van der Waals surface area contributed by atoms with Gasteiger partial charge in [-0.25, -0.2) is 0 Å². The van der Waals surface area contributed by atoms with Crippen molar-refractivity contribution in [3.05, 3.63) is 23.8 Å². The molecule has 0 radical (unpaired) electrons. The van der Waals surface area contributed by atoms with E-state index < -0.39 is 0 Å². The minimum Gasteiger partial charge on any atom is -0.490 e. The molecule has 0 unspecified atom stereocenters. The molecule has 6 heteroatoms. The average molecular weight is 344 g/mol. The first-order chi connectivity index (χ1) is 12.1. The first-order valence-electron chi connectivity index (χ1n) is 9.11. The lowest BCUT2D eigenvalue weighted by molar-refractivity contribution is -0.129. The van der Waals surface area contributed by atoms with Crippen molar-refractivity contribution < 1.29 is 19.1 Å². The highest BCUT2D eigenvalue weighted by Gasteiger charge is 2.41. The normalized spacial score (nSPS) is 24.0. The molecule has 2 aliphatic heterocycles. The standard InChI is InChI=1S/C19H24N2O4/c1-12(13-3-6-16-17(9-13)25-8-2-7-24-16)20-19(23)14-10-18(22)21(11-14)15-4-5-15/h3,6,9,12,14-15H,2,4-5,7-8,10-11H2,1H3,(H,20,23)/t12-,14-/m0/s1. The van der Waals surface area contributed by atoms with Gasteiger partial charge in [-0.1, -0.05) is 6.07 Å². The van der Waals surface area contributed by atoms with Crippen molar-refractivity contribution in [2.24, 2.45) is 5.92 Å². The van der Waals surface area contributed by atoms with E-state index in [9.17, 15) is 9.59 Å². The molecule has 2 atom stereocenters. The molecular weight excluding hydrogens is 320 g/mol. The minimum absolute atomic E-state index is 0.0453. The first-order valence-corrected chi connectivity index (χ1v) is 9.11. The Balaban J connectivity index is 1.40. The largest absolute Gasteiger partial charge is 0.490 e. The van der Waals surface area contributed by atoms with Crippen molar-refractivity contribution in [2.75, 3.05) is 19.8 Å². The average Bonchev–Trinajstić information content (AvgIpc) is 3.40. The van der Waals surface area contributed by atoms with Gasteiger partial charge in [0.05, 0.1) is 25.2 Å². The molecule has 1 saturated heterocycles. The number of rotatable bonds is 4. The molecule has 134 valence electrons. The fourth-order valence-corrected chi connectivity index (χ4v) is 3.51. The van der Waals surface area contributed by atoms with Gasteiger partial charge in [0.15, 0.2) is 11.5 Å². The number of benzene rings is 1. The number of ether oxygens (including phenoxy) is 2. The highest BCUT2D eigenvalue weighted by molar-refractivity contribution is 5.89. The maximum absolute atomic E-state index is 12.6. The molecule has 3 aliphatic rings. The molecule has 4 rings (SSSR count). The predicted octanol–water partition coefficient (Wildman–Crippen LogP) is 2.04. The topological polar surface area (TPSA) is 67.9 Å². The molecule has 2 amide bonds. The molecule has 0 aromatic heterocycles. The highest BCUT2D eigenvalue weighted by atomic mass is 16.5. The van der Waals surface area contributed by atoms with Gasteiger partial charge < -0.3 is 19.7 Å². The number of hydrogen-bond donors (Lipinski definition) is 1. The van der Waals surface area contributed by atoms with E-state index in [0.717, 1.165) is 36.3 Å². The van der Waals surface area contributed by atoms with Crippen molar-refractivity contribution >= 4 is 11.8 Å². The maximum atomic E-state index is 12.6. The number of carbonyl (C=O) groups is 2. The van der Waals surface area contributed by atoms with Gasteiger partial charge in [-0.2, -0.15) is 0 Å². The molecule has 1 N–H and O–H groups in total. The highest BCUT2D eigenvalue weighted by Crippen LogP contribution is 2.34. The molecule has 2 fully saturated rings. The van der Waals surface area contributed by atoms with Crippen LogP contribution < -0.4 is 14.8 Å². The van der Waals surface area contributed by atoms with Crippen LogP contribution in [0.1, 0.15) is 44.2 Å². The summed E-state index contributed by atoms with van der Waals surface area (Å²) in [6.07, 6.45) is 3.35. The second kappa shape index (κ2) is 6.58. The zero-order valence-corrected chi connectivity index (χ0v) is 14.5. The lowest BCUT2D eigenvalue weighted by Crippen LogP contribution is -2.35. The molecule has 1 saturated carbocycles. The van der Waals surface area contributed by atoms with Gasteiger partial charge in [0.2, 0.25) is 11.8 Å². The Bertz CT molecular complexity index is 686. The SMILES string of the molecule is C[C@H](NC(=O)[C@H]1CC(=O)N(C2CC2)C1)c1ccc2c(c1)OCCCO2. The summed E-state index contributed by atoms with van der Waals surface area (Å²) in [7, 11) is 0. The number of nitrogens with zero attached hydrogens (tertiary/aromatic N) is 1. The smallest absolute Gasteiger partial charge is 0.225 e. The summed E-state index contributed by atoms with van der Waals surface area (Å²) in [5.41, 5.74) is 0.973. The van der Waals surface area contributed by atoms with Gasteiger partial charge in [-0.3, -0.25) is 9.59 Å². The zero-order chi connectivity index (χ0) is 17.4. The van der Waals surface area contributed by atoms with Crippen LogP contribution in [0.3, 0.4) is 0 Å². The van der Waals surface area contributed by atoms with E-state index in [1.54, 1.807) is 0 Å². The molecule has 1 aromatic carbocycles. The van der Waals surface area contributed by atoms with Crippen LogP contribution in [0.5, 0.6) is 11.5 Å². The third-order valence-corrected chi connectivity index (χ3v) is 5.15. The summed E-state index contributed by atoms with van der Waals surface area (Å²) in [5, 5.41) is 3.05. The summed E-state index contributed by atoms with van der Waals surface area (Å²) in [4.78, 5) is 26.5. The van der Waals surface area contributed by atoms with Crippen LogP contribution in [0.4, 0.5) is 0 Å². The Kier molecular flexibility index (Phi) is 4.27. The number of fused-ring (bicyclic) bond motifs is 1. The van der Waals surface area contributed by atoms with Gasteiger partial charge in [0.1, 0.15) is 0 Å². The summed E-state index contributed by atoms with van der Waals surface area (Å²) >= 11 is 0. The van der Waals surface area contributed by atoms with Crippen LogP contribution in [0, 0.1) is 5.92 Å². The van der Waals surface area contributed by atoms with Crippen LogP contribution in [0.25, 0.3) is 0 Å². The van der Waals surface area contributed by atoms with Crippen LogP contribution in [-0.2, 0) is 9.59 Å². The third kappa shape index (κ3) is 3.43. The number of likely N-dealkylation sites (tertiary alicyclic amines) is 1. The summed E-state index contributed by atoms with van der Waals surface area (Å²) < 4.78 is 11.4. The number of hydrogen-bond acceptors (Lipinski definition) is 4. The van der Waals surface area contributed by atoms with Crippen molar-refractivity contribution in [1.82, 2.24) is 10.2 Å². The lowest BCUT2D eigenvalue weighted by Gasteiger charge is -2.19. The van der Waals surface area contributed by atoms with Gasteiger partial charge in [0.25, 0.3) is 0 Å². The van der Waals surface area contributed by atoms with E-state index in [1.165, 1.54) is 0 Å². The molecule has 25 heavy (non-hydrogen) atoms. The van der Waals surface area contributed by atoms with Gasteiger partial charge in [-0.15, -0.1) is 0 Å². The van der Waals surface area contributed by atoms with Crippen LogP contribution >= 0.6 is 0 Å². The van der Waals surface area contributed by atoms with Crippen LogP contribution in [0.2, 0.25) is 0 Å². The van der Waals surface area contributed by atoms with E-state index in [4.69, 9.17) is 9.47 Å². The minimum atomic E-state index is -0.240. The molecule has 0 bridgehead atoms. The lowest BCUT2D eigenvalue weighted by atomic mass is 10.0. The fraction of sp³-hybridized carbons (Fsp3) is 0.579. The summed E-state index contributed by atoms with van der Waals surface area (Å²) in [5.74, 6) is 1.31. The Morgan fingerprint density at radius 3 is 2.76 bits per heavy atom. The molecular formula is C19H24N2O4. The van der Waals surface area contributed by atoms with Crippen molar-refractivity contribution in [3.63, 3.8) is 0 Å². The number of nitrogens with one attached hydrogen (secondary N) is 1. The van der Waals surface area contributed by atoms with Crippen LogP contribution in [0.15, 0.2) is 18.2 Å². The quantitative estimate of drug-likeness (QED) is 0.908. The summed E-state index contributed by atoms with van der Waals surface area (Å²) in [6, 6.07) is 6.02. The Hall–Kier alpha value is -2.24. The maximum Gasteiger partial charge on any atom is 0.225 e. The first kappa shape index (κ1) is 16.2. The molecule has 6 nitrogen and oxygen atoms in total. The van der Waals surface area contributed by atoms with Crippen molar-refractivity contribution in [2.45, 2.75) is 44.7 Å². The zero-order valence-electron chi connectivity index (χ0n) is 14.5. The number of carbonyl (C=O) groups excluding carboxylic acids is 2. The third-order valence-electron chi connectivity index (χ3n) is 5.15. The van der Waals surface area contributed by atoms with E-state index in [1.807, 2.05) is 30.0 Å². The van der Waals surface area contributed by atoms with Crippen molar-refractivity contribution in [3.8, 4) is 11.5 Å². The van der Waals surface area contributed by atoms with Gasteiger partial charge in [-0.05, 0) is 37.5 Å². The van der Waals surface area contributed by atoms with E-state index in [-0.39, 0.29) is 23.8 Å². The Morgan fingerprint density at radius 2 is 2.00 bits per heavy atom. The molecule has 1 aliphatic carbocycles. The van der Waals surface area contributed by atoms with E-state index >= 15 is 0 Å². The Morgan fingerprint density at radius 1 is 1.24 bits per heavy atom. The monoisotopic (exact) mass is 344 g/mol. The fourth-order valence-electron chi connectivity index (χ4n) is 3.51. The molecule has 2 heterocycles. The van der Waals surface area contributed by atoms with Gasteiger partial charge in [0, 0.05) is 25.4 Å². The molecule has 1 aromatic rings. The molecule has 0 spiro atoms.